The average molecular weight is 1560 g/mol. The van der Waals surface area contributed by atoms with Gasteiger partial charge in [0.1, 0.15) is 19.3 Å². The highest BCUT2D eigenvalue weighted by atomic mass is 31.2. The highest BCUT2D eigenvalue weighted by molar-refractivity contribution is 7.47. The van der Waals surface area contributed by atoms with Gasteiger partial charge < -0.3 is 33.8 Å². The molecule has 17 nitrogen and oxygen atoms in total. The lowest BCUT2D eigenvalue weighted by molar-refractivity contribution is -0.161. The fourth-order valence-electron chi connectivity index (χ4n) is 11.2. The van der Waals surface area contributed by atoms with Gasteiger partial charge in [0, 0.05) is 25.7 Å². The zero-order chi connectivity index (χ0) is 78.9. The SMILES string of the molecule is CC/C=C\C/C=C\C/C=C\C/C=C\C/C=C\C/C=C\CCC(=O)OCC(COP(=O)(O)OCC(O)COP(=O)(O)OCC(COC(=O)CCCCCCCC/C=C\C/C=C\C/C=C\C/C=C\CC)OC(=O)CCCCCCCCCCCCCCCCC)OC(=O)CCCCCCC/C=C\CCCCCCCC. The summed E-state index contributed by atoms with van der Waals surface area (Å²) in [5.41, 5.74) is 0. The summed E-state index contributed by atoms with van der Waals surface area (Å²) in [6.07, 6.45) is 91.4. The lowest BCUT2D eigenvalue weighted by Crippen LogP contribution is -2.30. The molecule has 5 unspecified atom stereocenters. The van der Waals surface area contributed by atoms with Crippen molar-refractivity contribution in [2.45, 2.75) is 367 Å². The van der Waals surface area contributed by atoms with Gasteiger partial charge in [-0.3, -0.25) is 37.3 Å². The van der Waals surface area contributed by atoms with Crippen molar-refractivity contribution >= 4 is 39.5 Å². The van der Waals surface area contributed by atoms with Gasteiger partial charge in [0.2, 0.25) is 0 Å². The van der Waals surface area contributed by atoms with E-state index in [9.17, 15) is 43.2 Å². The predicted octanol–water partition coefficient (Wildman–Crippen LogP) is 25.2. The van der Waals surface area contributed by atoms with Crippen LogP contribution in [-0.4, -0.2) is 96.7 Å². The molecule has 0 radical (unpaired) electrons. The summed E-state index contributed by atoms with van der Waals surface area (Å²) >= 11 is 0. The highest BCUT2D eigenvalue weighted by Crippen LogP contribution is 2.45. The molecule has 108 heavy (non-hydrogen) atoms. The molecule has 19 heteroatoms. The Bertz CT molecular complexity index is 2560. The van der Waals surface area contributed by atoms with Crippen molar-refractivity contribution in [3.8, 4) is 0 Å². The molecule has 0 heterocycles. The fourth-order valence-corrected chi connectivity index (χ4v) is 12.8. The molecule has 0 aliphatic heterocycles. The second kappa shape index (κ2) is 80.3. The van der Waals surface area contributed by atoms with Crippen LogP contribution in [0.5, 0.6) is 0 Å². The van der Waals surface area contributed by atoms with Gasteiger partial charge >= 0.3 is 39.5 Å². The lowest BCUT2D eigenvalue weighted by Gasteiger charge is -2.21. The number of esters is 4. The van der Waals surface area contributed by atoms with Crippen LogP contribution < -0.4 is 0 Å². The highest BCUT2D eigenvalue weighted by Gasteiger charge is 2.30. The van der Waals surface area contributed by atoms with Crippen LogP contribution in [0.3, 0.4) is 0 Å². The van der Waals surface area contributed by atoms with Crippen LogP contribution in [0.1, 0.15) is 349 Å². The largest absolute Gasteiger partial charge is 0.472 e. The van der Waals surface area contributed by atoms with E-state index in [4.69, 9.17) is 37.0 Å². The number of aliphatic hydroxyl groups excluding tert-OH is 1. The summed E-state index contributed by atoms with van der Waals surface area (Å²) in [6, 6.07) is 0. The number of hydrogen-bond acceptors (Lipinski definition) is 15. The maximum atomic E-state index is 13.1. The topological polar surface area (TPSA) is 237 Å². The Kier molecular flexibility index (Phi) is 76.7. The minimum absolute atomic E-state index is 0.0329. The summed E-state index contributed by atoms with van der Waals surface area (Å²) in [7, 11) is -9.99. The van der Waals surface area contributed by atoms with Gasteiger partial charge in [-0.25, -0.2) is 9.13 Å². The average Bonchev–Trinajstić information content (AvgIpc) is 0.923. The van der Waals surface area contributed by atoms with E-state index in [0.29, 0.717) is 32.1 Å². The van der Waals surface area contributed by atoms with Crippen molar-refractivity contribution in [1.29, 1.82) is 0 Å². The van der Waals surface area contributed by atoms with Gasteiger partial charge in [0.05, 0.1) is 26.4 Å². The summed E-state index contributed by atoms with van der Waals surface area (Å²) in [6.45, 7) is 4.58. The van der Waals surface area contributed by atoms with E-state index in [0.717, 1.165) is 161 Å². The molecule has 5 atom stereocenters. The monoisotopic (exact) mass is 1560 g/mol. The summed E-state index contributed by atoms with van der Waals surface area (Å²) in [5.74, 6) is -2.28. The van der Waals surface area contributed by atoms with E-state index >= 15 is 0 Å². The predicted molar refractivity (Wildman–Crippen MR) is 445 cm³/mol. The van der Waals surface area contributed by atoms with Crippen molar-refractivity contribution in [2.75, 3.05) is 39.6 Å². The number of carbonyl (C=O) groups is 4. The van der Waals surface area contributed by atoms with Crippen LogP contribution in [-0.2, 0) is 65.4 Å². The Morgan fingerprint density at radius 2 is 0.500 bits per heavy atom. The van der Waals surface area contributed by atoms with Crippen LogP contribution in [0.2, 0.25) is 0 Å². The maximum absolute atomic E-state index is 13.1. The lowest BCUT2D eigenvalue weighted by atomic mass is 10.0. The van der Waals surface area contributed by atoms with Crippen molar-refractivity contribution in [3.05, 3.63) is 134 Å². The van der Waals surface area contributed by atoms with Gasteiger partial charge in [0.15, 0.2) is 12.2 Å². The summed E-state index contributed by atoms with van der Waals surface area (Å²) < 4.78 is 68.7. The Morgan fingerprint density at radius 1 is 0.269 bits per heavy atom. The number of phosphoric acid groups is 2. The second-order valence-electron chi connectivity index (χ2n) is 28.0. The van der Waals surface area contributed by atoms with E-state index in [1.807, 2.05) is 18.2 Å². The number of ether oxygens (including phenoxy) is 4. The van der Waals surface area contributed by atoms with Gasteiger partial charge in [-0.05, 0) is 128 Å². The Hall–Kier alpha value is -4.80. The van der Waals surface area contributed by atoms with E-state index < -0.39 is 97.5 Å². The molecule has 0 aliphatic carbocycles. The number of aliphatic hydroxyl groups is 1. The van der Waals surface area contributed by atoms with Gasteiger partial charge in [-0.15, -0.1) is 0 Å². The molecule has 0 amide bonds. The summed E-state index contributed by atoms with van der Waals surface area (Å²) in [5, 5.41) is 10.7. The van der Waals surface area contributed by atoms with Crippen LogP contribution >= 0.6 is 15.6 Å². The first-order valence-corrected chi connectivity index (χ1v) is 45.4. The van der Waals surface area contributed by atoms with E-state index in [-0.39, 0.29) is 25.7 Å². The van der Waals surface area contributed by atoms with Gasteiger partial charge in [0.25, 0.3) is 0 Å². The first-order chi connectivity index (χ1) is 52.7. The molecule has 0 aromatic carbocycles. The number of unbranched alkanes of at least 4 members (excludes halogenated alkanes) is 31. The number of allylic oxidation sites excluding steroid dienone is 22. The van der Waals surface area contributed by atoms with E-state index in [1.54, 1.807) is 0 Å². The van der Waals surface area contributed by atoms with Crippen LogP contribution in [0, 0.1) is 0 Å². The standard InChI is InChI=1S/C89H152O17P2/c1-5-9-13-17-21-25-29-33-37-39-41-43-47-49-53-57-61-65-69-73-86(91)99-79-84(105-88(93)75-71-67-63-59-55-51-45-35-31-27-23-19-15-11-7-3)81-103-107(95,96)101-77-83(90)78-102-108(97,98)104-82-85(106-89(94)76-72-68-64-60-56-52-46-36-32-28-24-20-16-12-8-4)80-100-87(92)74-70-66-62-58-54-50-48-44-42-40-38-34-30-26-22-18-14-10-6-2/h9-10,13-14,21-22,25-26,33-35,37-38,41-45,49,53,61,65,83-85,90H,5-8,11-12,15-20,23-24,27-32,36,39-40,46-48,50-52,54-60,62-64,66-82H2,1-4H3,(H,95,96)(H,97,98)/b13-9-,14-10-,25-21-,26-22-,37-33-,38-34-,43-41-,44-42-,45-35-,53-49-,65-61-. The van der Waals surface area contributed by atoms with Gasteiger partial charge in [-0.2, -0.15) is 0 Å². The fraction of sp³-hybridized carbons (Fsp3) is 0.708. The third kappa shape index (κ3) is 79.3. The maximum Gasteiger partial charge on any atom is 0.472 e. The van der Waals surface area contributed by atoms with Crippen LogP contribution in [0.4, 0.5) is 0 Å². The Labute approximate surface area is 656 Å². The Morgan fingerprint density at radius 3 is 0.806 bits per heavy atom. The van der Waals surface area contributed by atoms with Crippen molar-refractivity contribution in [2.24, 2.45) is 0 Å². The van der Waals surface area contributed by atoms with Crippen molar-refractivity contribution < 1.29 is 80.2 Å². The molecule has 0 aromatic heterocycles. The molecular weight excluding hydrogens is 1400 g/mol. The molecule has 0 saturated carbocycles. The minimum atomic E-state index is -5.00. The van der Waals surface area contributed by atoms with Crippen molar-refractivity contribution in [1.82, 2.24) is 0 Å². The number of hydrogen-bond donors (Lipinski definition) is 3. The summed E-state index contributed by atoms with van der Waals surface area (Å²) in [4.78, 5) is 73.2. The van der Waals surface area contributed by atoms with Crippen molar-refractivity contribution in [3.63, 3.8) is 0 Å². The first-order valence-electron chi connectivity index (χ1n) is 42.4. The molecule has 3 N–H and O–H groups in total. The molecule has 0 spiro atoms. The molecular formula is C89H152O17P2. The molecule has 0 rings (SSSR count). The third-order valence-electron chi connectivity index (χ3n) is 17.6. The molecule has 0 bridgehead atoms. The molecule has 0 saturated heterocycles. The zero-order valence-electron chi connectivity index (χ0n) is 68.0. The number of rotatable bonds is 79. The number of phosphoric ester groups is 2. The molecule has 620 valence electrons. The van der Waals surface area contributed by atoms with Gasteiger partial charge in [-0.1, -0.05) is 328 Å². The van der Waals surface area contributed by atoms with E-state index in [2.05, 4.69) is 143 Å². The molecule has 0 aliphatic rings. The Balaban J connectivity index is 5.43. The smallest absolute Gasteiger partial charge is 0.462 e. The molecule has 0 fully saturated rings. The van der Waals surface area contributed by atoms with Crippen LogP contribution in [0.25, 0.3) is 0 Å². The number of carbonyl (C=O) groups excluding carboxylic acids is 4. The first kappa shape index (κ1) is 103. The third-order valence-corrected chi connectivity index (χ3v) is 19.5. The zero-order valence-corrected chi connectivity index (χ0v) is 69.8. The minimum Gasteiger partial charge on any atom is -0.462 e. The second-order valence-corrected chi connectivity index (χ2v) is 30.9. The van der Waals surface area contributed by atoms with E-state index in [1.165, 1.54) is 103 Å². The normalized spacial score (nSPS) is 14.5. The quantitative estimate of drug-likeness (QED) is 0.0169. The van der Waals surface area contributed by atoms with Crippen LogP contribution in [0.15, 0.2) is 134 Å². The molecule has 0 aromatic rings.